The zero-order valence-corrected chi connectivity index (χ0v) is 11.3. The quantitative estimate of drug-likeness (QED) is 0.800. The SMILES string of the molecule is CCNC(C)CC(C)Cc1ccc(Cl)s1. The molecule has 0 saturated carbocycles. The number of hydrogen-bond acceptors (Lipinski definition) is 2. The smallest absolute Gasteiger partial charge is 0.0931 e. The Balaban J connectivity index is 2.32. The van der Waals surface area contributed by atoms with Gasteiger partial charge in [-0.3, -0.25) is 0 Å². The van der Waals surface area contributed by atoms with Crippen LogP contribution >= 0.6 is 22.9 Å². The Morgan fingerprint density at radius 3 is 2.67 bits per heavy atom. The molecule has 15 heavy (non-hydrogen) atoms. The number of nitrogens with one attached hydrogen (secondary N) is 1. The minimum atomic E-state index is 0.612. The van der Waals surface area contributed by atoms with Gasteiger partial charge in [-0.1, -0.05) is 25.4 Å². The van der Waals surface area contributed by atoms with Gasteiger partial charge in [0.2, 0.25) is 0 Å². The summed E-state index contributed by atoms with van der Waals surface area (Å²) < 4.78 is 0.900. The Hall–Kier alpha value is -0.0500. The second-order valence-corrected chi connectivity index (χ2v) is 6.01. The van der Waals surface area contributed by atoms with E-state index in [0.717, 1.165) is 17.3 Å². The van der Waals surface area contributed by atoms with E-state index in [4.69, 9.17) is 11.6 Å². The van der Waals surface area contributed by atoms with Gasteiger partial charge in [-0.2, -0.15) is 0 Å². The molecule has 1 N–H and O–H groups in total. The molecule has 3 heteroatoms. The molecule has 0 aliphatic rings. The van der Waals surface area contributed by atoms with Gasteiger partial charge in [-0.25, -0.2) is 0 Å². The van der Waals surface area contributed by atoms with Crippen molar-refractivity contribution >= 4 is 22.9 Å². The summed E-state index contributed by atoms with van der Waals surface area (Å²) in [6.07, 6.45) is 2.37. The molecule has 0 amide bonds. The second kappa shape index (κ2) is 6.51. The lowest BCUT2D eigenvalue weighted by Crippen LogP contribution is -2.27. The molecule has 86 valence electrons. The third kappa shape index (κ3) is 5.01. The number of halogens is 1. The van der Waals surface area contributed by atoms with E-state index in [1.807, 2.05) is 6.07 Å². The summed E-state index contributed by atoms with van der Waals surface area (Å²) in [5.41, 5.74) is 0. The van der Waals surface area contributed by atoms with Gasteiger partial charge in [-0.15, -0.1) is 11.3 Å². The third-order valence-corrected chi connectivity index (χ3v) is 3.74. The Bertz CT molecular complexity index is 285. The lowest BCUT2D eigenvalue weighted by molar-refractivity contribution is 0.428. The van der Waals surface area contributed by atoms with Crippen LogP contribution in [0.1, 0.15) is 32.1 Å². The standard InChI is InChI=1S/C12H20ClNS/c1-4-14-10(3)7-9(2)8-11-5-6-12(13)15-11/h5-6,9-10,14H,4,7-8H2,1-3H3. The maximum atomic E-state index is 5.91. The first kappa shape index (κ1) is 13.0. The van der Waals surface area contributed by atoms with Crippen molar-refractivity contribution < 1.29 is 0 Å². The maximum Gasteiger partial charge on any atom is 0.0931 e. The Morgan fingerprint density at radius 1 is 1.40 bits per heavy atom. The van der Waals surface area contributed by atoms with Crippen molar-refractivity contribution in [1.29, 1.82) is 0 Å². The normalized spacial score (nSPS) is 15.2. The fourth-order valence-corrected chi connectivity index (χ4v) is 3.17. The van der Waals surface area contributed by atoms with E-state index >= 15 is 0 Å². The molecule has 0 aromatic carbocycles. The Morgan fingerprint density at radius 2 is 2.13 bits per heavy atom. The summed E-state index contributed by atoms with van der Waals surface area (Å²) in [6, 6.07) is 4.74. The summed E-state index contributed by atoms with van der Waals surface area (Å²) in [5.74, 6) is 0.716. The largest absolute Gasteiger partial charge is 0.315 e. The summed E-state index contributed by atoms with van der Waals surface area (Å²) >= 11 is 7.61. The van der Waals surface area contributed by atoms with E-state index in [2.05, 4.69) is 32.2 Å². The molecule has 0 fully saturated rings. The first-order valence-corrected chi connectivity index (χ1v) is 6.78. The van der Waals surface area contributed by atoms with Crippen molar-refractivity contribution in [2.75, 3.05) is 6.54 Å². The molecule has 0 aliphatic carbocycles. The van der Waals surface area contributed by atoms with Crippen LogP contribution in [-0.4, -0.2) is 12.6 Å². The molecule has 1 heterocycles. The van der Waals surface area contributed by atoms with Gasteiger partial charge in [-0.05, 0) is 44.4 Å². The van der Waals surface area contributed by atoms with Gasteiger partial charge in [0.05, 0.1) is 4.34 Å². The first-order chi connectivity index (χ1) is 7.11. The zero-order chi connectivity index (χ0) is 11.3. The fourth-order valence-electron chi connectivity index (χ4n) is 1.92. The highest BCUT2D eigenvalue weighted by atomic mass is 35.5. The van der Waals surface area contributed by atoms with Crippen molar-refractivity contribution in [3.05, 3.63) is 21.3 Å². The van der Waals surface area contributed by atoms with Crippen LogP contribution in [0.15, 0.2) is 12.1 Å². The van der Waals surface area contributed by atoms with Gasteiger partial charge in [0, 0.05) is 10.9 Å². The monoisotopic (exact) mass is 245 g/mol. The van der Waals surface area contributed by atoms with Gasteiger partial charge in [0.25, 0.3) is 0 Å². The summed E-state index contributed by atoms with van der Waals surface area (Å²) in [4.78, 5) is 1.40. The van der Waals surface area contributed by atoms with E-state index < -0.39 is 0 Å². The van der Waals surface area contributed by atoms with Gasteiger partial charge in [0.15, 0.2) is 0 Å². The molecule has 2 unspecified atom stereocenters. The highest BCUT2D eigenvalue weighted by molar-refractivity contribution is 7.16. The van der Waals surface area contributed by atoms with E-state index in [0.29, 0.717) is 12.0 Å². The molecule has 0 aliphatic heterocycles. The maximum absolute atomic E-state index is 5.91. The molecule has 2 atom stereocenters. The average molecular weight is 246 g/mol. The molecule has 1 aromatic rings. The van der Waals surface area contributed by atoms with Crippen LogP contribution in [0.3, 0.4) is 0 Å². The molecule has 1 aromatic heterocycles. The van der Waals surface area contributed by atoms with Crippen LogP contribution in [0.2, 0.25) is 4.34 Å². The predicted molar refractivity (Wildman–Crippen MR) is 70.0 cm³/mol. The first-order valence-electron chi connectivity index (χ1n) is 5.59. The highest BCUT2D eigenvalue weighted by Crippen LogP contribution is 2.24. The van der Waals surface area contributed by atoms with Crippen LogP contribution in [0.25, 0.3) is 0 Å². The molecule has 0 bridgehead atoms. The molecule has 1 rings (SSSR count). The fraction of sp³-hybridized carbons (Fsp3) is 0.667. The molecular formula is C12H20ClNS. The van der Waals surface area contributed by atoms with E-state index in [1.54, 1.807) is 11.3 Å². The van der Waals surface area contributed by atoms with E-state index in [9.17, 15) is 0 Å². The van der Waals surface area contributed by atoms with Gasteiger partial charge < -0.3 is 5.32 Å². The molecular weight excluding hydrogens is 226 g/mol. The van der Waals surface area contributed by atoms with Crippen LogP contribution in [-0.2, 0) is 6.42 Å². The minimum Gasteiger partial charge on any atom is -0.315 e. The van der Waals surface area contributed by atoms with Crippen molar-refractivity contribution in [3.63, 3.8) is 0 Å². The van der Waals surface area contributed by atoms with Crippen LogP contribution in [0, 0.1) is 5.92 Å². The van der Waals surface area contributed by atoms with Crippen LogP contribution < -0.4 is 5.32 Å². The average Bonchev–Trinajstić information content (AvgIpc) is 2.51. The summed E-state index contributed by atoms with van der Waals surface area (Å²) in [6.45, 7) is 7.77. The van der Waals surface area contributed by atoms with Crippen LogP contribution in [0.5, 0.6) is 0 Å². The minimum absolute atomic E-state index is 0.612. The topological polar surface area (TPSA) is 12.0 Å². The molecule has 1 nitrogen and oxygen atoms in total. The van der Waals surface area contributed by atoms with E-state index in [1.165, 1.54) is 11.3 Å². The van der Waals surface area contributed by atoms with E-state index in [-0.39, 0.29) is 0 Å². The highest BCUT2D eigenvalue weighted by Gasteiger charge is 2.09. The van der Waals surface area contributed by atoms with Crippen molar-refractivity contribution in [3.8, 4) is 0 Å². The van der Waals surface area contributed by atoms with Gasteiger partial charge in [0.1, 0.15) is 0 Å². The number of hydrogen-bond donors (Lipinski definition) is 1. The van der Waals surface area contributed by atoms with Crippen molar-refractivity contribution in [2.24, 2.45) is 5.92 Å². The lowest BCUT2D eigenvalue weighted by Gasteiger charge is -2.17. The zero-order valence-electron chi connectivity index (χ0n) is 9.72. The number of thiophene rings is 1. The van der Waals surface area contributed by atoms with Crippen molar-refractivity contribution in [2.45, 2.75) is 39.7 Å². The lowest BCUT2D eigenvalue weighted by atomic mass is 9.98. The van der Waals surface area contributed by atoms with Crippen molar-refractivity contribution in [1.82, 2.24) is 5.32 Å². The molecule has 0 radical (unpaired) electrons. The number of rotatable bonds is 6. The van der Waals surface area contributed by atoms with Gasteiger partial charge >= 0.3 is 0 Å². The summed E-state index contributed by atoms with van der Waals surface area (Å²) in [5, 5.41) is 3.44. The van der Waals surface area contributed by atoms with Crippen LogP contribution in [0.4, 0.5) is 0 Å². The molecule has 0 spiro atoms. The molecule has 0 saturated heterocycles. The Labute approximate surface area is 102 Å². The predicted octanol–water partition coefficient (Wildman–Crippen LogP) is 3.97. The second-order valence-electron chi connectivity index (χ2n) is 4.21. The third-order valence-electron chi connectivity index (χ3n) is 2.49. The summed E-state index contributed by atoms with van der Waals surface area (Å²) in [7, 11) is 0. The Kier molecular flexibility index (Phi) is 5.65.